The first-order chi connectivity index (χ1) is 14.0. The Morgan fingerprint density at radius 2 is 1.60 bits per heavy atom. The van der Waals surface area contributed by atoms with Crippen molar-refractivity contribution >= 4 is 35.0 Å². The number of hydrogen-bond acceptors (Lipinski definition) is 2. The van der Waals surface area contributed by atoms with Gasteiger partial charge < -0.3 is 10.2 Å². The molecule has 2 aromatic rings. The maximum atomic E-state index is 13.3. The second-order valence-electron chi connectivity index (χ2n) is 8.60. The molecule has 0 bridgehead atoms. The van der Waals surface area contributed by atoms with E-state index in [2.05, 4.69) is 5.32 Å². The van der Waals surface area contributed by atoms with Crippen LogP contribution in [0.4, 0.5) is 0 Å². The van der Waals surface area contributed by atoms with Crippen molar-refractivity contribution in [2.75, 3.05) is 0 Å². The highest BCUT2D eigenvalue weighted by atomic mass is 35.5. The van der Waals surface area contributed by atoms with Crippen LogP contribution in [0.25, 0.3) is 0 Å². The number of halogens is 2. The molecule has 0 spiro atoms. The Labute approximate surface area is 189 Å². The summed E-state index contributed by atoms with van der Waals surface area (Å²) in [5.74, 6) is -0.288. The number of benzene rings is 2. The van der Waals surface area contributed by atoms with E-state index in [1.165, 1.54) is 0 Å². The third-order valence-corrected chi connectivity index (χ3v) is 5.44. The van der Waals surface area contributed by atoms with Crippen LogP contribution in [-0.4, -0.2) is 28.3 Å². The van der Waals surface area contributed by atoms with Gasteiger partial charge in [-0.1, -0.05) is 66.0 Å². The number of amides is 2. The van der Waals surface area contributed by atoms with Crippen LogP contribution < -0.4 is 5.32 Å². The van der Waals surface area contributed by atoms with Crippen molar-refractivity contribution in [2.24, 2.45) is 0 Å². The quantitative estimate of drug-likeness (QED) is 0.601. The van der Waals surface area contributed by atoms with Crippen molar-refractivity contribution in [2.45, 2.75) is 65.6 Å². The minimum atomic E-state index is -0.569. The molecule has 0 heterocycles. The van der Waals surface area contributed by atoms with Gasteiger partial charge in [-0.2, -0.15) is 0 Å². The number of hydrogen-bond donors (Lipinski definition) is 1. The van der Waals surface area contributed by atoms with E-state index in [1.807, 2.05) is 58.9 Å². The van der Waals surface area contributed by atoms with Gasteiger partial charge in [-0.25, -0.2) is 0 Å². The van der Waals surface area contributed by atoms with Crippen LogP contribution in [0.15, 0.2) is 42.5 Å². The van der Waals surface area contributed by atoms with E-state index in [4.69, 9.17) is 23.2 Å². The lowest BCUT2D eigenvalue weighted by Crippen LogP contribution is -2.53. The average Bonchev–Trinajstić information content (AvgIpc) is 2.64. The van der Waals surface area contributed by atoms with Gasteiger partial charge in [0, 0.05) is 12.1 Å². The van der Waals surface area contributed by atoms with E-state index < -0.39 is 6.04 Å². The van der Waals surface area contributed by atoms with Crippen LogP contribution in [0.1, 0.15) is 50.8 Å². The van der Waals surface area contributed by atoms with Gasteiger partial charge in [0.2, 0.25) is 11.8 Å². The molecule has 162 valence electrons. The van der Waals surface area contributed by atoms with Crippen molar-refractivity contribution in [3.8, 4) is 0 Å². The molecule has 30 heavy (non-hydrogen) atoms. The Morgan fingerprint density at radius 3 is 2.13 bits per heavy atom. The summed E-state index contributed by atoms with van der Waals surface area (Å²) in [5.41, 5.74) is 2.50. The summed E-state index contributed by atoms with van der Waals surface area (Å²) in [5, 5.41) is 3.86. The fourth-order valence-electron chi connectivity index (χ4n) is 3.19. The first kappa shape index (κ1) is 24.2. The van der Waals surface area contributed by atoms with Crippen LogP contribution in [0.2, 0.25) is 10.0 Å². The second kappa shape index (κ2) is 10.3. The van der Waals surface area contributed by atoms with Crippen LogP contribution in [0.3, 0.4) is 0 Å². The molecule has 2 rings (SSSR count). The Kier molecular flexibility index (Phi) is 8.34. The molecule has 2 aromatic carbocycles. The molecular weight excluding hydrogens is 419 g/mol. The van der Waals surface area contributed by atoms with Crippen molar-refractivity contribution in [1.82, 2.24) is 10.2 Å². The third kappa shape index (κ3) is 7.03. The molecule has 6 heteroatoms. The summed E-state index contributed by atoms with van der Waals surface area (Å²) in [7, 11) is 0. The van der Waals surface area contributed by atoms with Crippen molar-refractivity contribution in [3.63, 3.8) is 0 Å². The molecule has 2 amide bonds. The maximum Gasteiger partial charge on any atom is 0.243 e. The van der Waals surface area contributed by atoms with Crippen LogP contribution in [0.5, 0.6) is 0 Å². The lowest BCUT2D eigenvalue weighted by Gasteiger charge is -2.33. The molecular formula is C24H30Cl2N2O2. The minimum absolute atomic E-state index is 0.134. The predicted molar refractivity (Wildman–Crippen MR) is 124 cm³/mol. The lowest BCUT2D eigenvalue weighted by molar-refractivity contribution is -0.141. The molecule has 0 aromatic heterocycles. The molecule has 0 aliphatic heterocycles. The molecule has 0 saturated carbocycles. The molecule has 0 radical (unpaired) electrons. The summed E-state index contributed by atoms with van der Waals surface area (Å²) in [6, 6.07) is 12.6. The van der Waals surface area contributed by atoms with Gasteiger partial charge in [-0.15, -0.1) is 0 Å². The molecule has 0 unspecified atom stereocenters. The Bertz CT molecular complexity index is 889. The Balaban J connectivity index is 2.32. The fourth-order valence-corrected chi connectivity index (χ4v) is 3.51. The van der Waals surface area contributed by atoms with Gasteiger partial charge >= 0.3 is 0 Å². The first-order valence-corrected chi connectivity index (χ1v) is 10.9. The lowest BCUT2D eigenvalue weighted by atomic mass is 10.0. The zero-order valence-corrected chi connectivity index (χ0v) is 19.8. The van der Waals surface area contributed by atoms with Gasteiger partial charge in [0.1, 0.15) is 6.04 Å². The van der Waals surface area contributed by atoms with E-state index in [9.17, 15) is 9.59 Å². The molecule has 0 saturated heterocycles. The second-order valence-corrected chi connectivity index (χ2v) is 9.41. The summed E-state index contributed by atoms with van der Waals surface area (Å²) >= 11 is 12.1. The molecule has 1 atom stereocenters. The molecule has 4 nitrogen and oxygen atoms in total. The monoisotopic (exact) mass is 448 g/mol. The number of aryl methyl sites for hydroxylation is 1. The van der Waals surface area contributed by atoms with E-state index in [1.54, 1.807) is 23.1 Å². The average molecular weight is 449 g/mol. The van der Waals surface area contributed by atoms with E-state index >= 15 is 0 Å². The maximum absolute atomic E-state index is 13.3. The number of nitrogens with zero attached hydrogens (tertiary/aromatic N) is 1. The van der Waals surface area contributed by atoms with Crippen molar-refractivity contribution in [3.05, 3.63) is 69.2 Å². The van der Waals surface area contributed by atoms with Crippen molar-refractivity contribution < 1.29 is 9.59 Å². The fraction of sp³-hybridized carbons (Fsp3) is 0.417. The summed E-state index contributed by atoms with van der Waals surface area (Å²) < 4.78 is 0. The van der Waals surface area contributed by atoms with Crippen LogP contribution in [0, 0.1) is 6.92 Å². The number of rotatable bonds is 7. The summed E-state index contributed by atoms with van der Waals surface area (Å²) in [6.07, 6.45) is 0.656. The standard InChI is InChI=1S/C24H30Cl2N2O2/c1-6-21(23(30)27-24(3,4)5)28(15-17-9-7-16(2)8-10-17)22(29)14-18-11-12-19(25)20(26)13-18/h7-13,21H,6,14-15H2,1-5H3,(H,27,30)/t21-/m1/s1. The normalized spacial score (nSPS) is 12.4. The van der Waals surface area contributed by atoms with Crippen molar-refractivity contribution in [1.29, 1.82) is 0 Å². The summed E-state index contributed by atoms with van der Waals surface area (Å²) in [6.45, 7) is 10.1. The van der Waals surface area contributed by atoms with Gasteiger partial charge in [-0.3, -0.25) is 9.59 Å². The number of carbonyl (C=O) groups is 2. The molecule has 0 fully saturated rings. The summed E-state index contributed by atoms with van der Waals surface area (Å²) in [4.78, 5) is 28.0. The largest absolute Gasteiger partial charge is 0.350 e. The SMILES string of the molecule is CC[C@H](C(=O)NC(C)(C)C)N(Cc1ccc(C)cc1)C(=O)Cc1ccc(Cl)c(Cl)c1. The van der Waals surface area contributed by atoms with Gasteiger partial charge in [0.25, 0.3) is 0 Å². The van der Waals surface area contributed by atoms with Gasteiger partial charge in [-0.05, 0) is 57.4 Å². The van der Waals surface area contributed by atoms with E-state index in [0.29, 0.717) is 23.0 Å². The Hall–Kier alpha value is -2.04. The predicted octanol–water partition coefficient (Wildman–Crippen LogP) is 5.57. The van der Waals surface area contributed by atoms with Gasteiger partial charge in [0.15, 0.2) is 0 Å². The van der Waals surface area contributed by atoms with E-state index in [-0.39, 0.29) is 23.8 Å². The molecule has 0 aliphatic carbocycles. The molecule has 0 aliphatic rings. The van der Waals surface area contributed by atoms with Gasteiger partial charge in [0.05, 0.1) is 16.5 Å². The highest BCUT2D eigenvalue weighted by Gasteiger charge is 2.30. The minimum Gasteiger partial charge on any atom is -0.350 e. The van der Waals surface area contributed by atoms with Crippen LogP contribution >= 0.6 is 23.2 Å². The zero-order chi connectivity index (χ0) is 22.5. The first-order valence-electron chi connectivity index (χ1n) is 10.1. The Morgan fingerprint density at radius 1 is 1.00 bits per heavy atom. The van der Waals surface area contributed by atoms with E-state index in [0.717, 1.165) is 16.7 Å². The highest BCUT2D eigenvalue weighted by Crippen LogP contribution is 2.24. The number of carbonyl (C=O) groups excluding carboxylic acids is 2. The zero-order valence-electron chi connectivity index (χ0n) is 18.3. The van der Waals surface area contributed by atoms with Crippen LogP contribution in [-0.2, 0) is 22.6 Å². The third-order valence-electron chi connectivity index (χ3n) is 4.70. The highest BCUT2D eigenvalue weighted by molar-refractivity contribution is 6.42. The smallest absolute Gasteiger partial charge is 0.243 e. The molecule has 1 N–H and O–H groups in total. The topological polar surface area (TPSA) is 49.4 Å². The number of nitrogens with one attached hydrogen (secondary N) is 1.